The lowest BCUT2D eigenvalue weighted by molar-refractivity contribution is -0.142. The van der Waals surface area contributed by atoms with Gasteiger partial charge in [-0.3, -0.25) is 14.4 Å². The van der Waals surface area contributed by atoms with Crippen molar-refractivity contribution in [3.63, 3.8) is 0 Å². The number of pyridine rings is 1. The molecule has 0 aliphatic carbocycles. The minimum absolute atomic E-state index is 0.206. The molecule has 1 aromatic heterocycles. The number of aliphatic carboxylic acids is 1. The summed E-state index contributed by atoms with van der Waals surface area (Å²) in [5.74, 6) is -2.04. The van der Waals surface area contributed by atoms with E-state index in [1.807, 2.05) is 18.2 Å². The Kier molecular flexibility index (Phi) is 6.11. The molecule has 0 radical (unpaired) electrons. The number of esters is 1. The highest BCUT2D eigenvalue weighted by Gasteiger charge is 2.20. The second kappa shape index (κ2) is 8.91. The van der Waals surface area contributed by atoms with Crippen LogP contribution in [-0.4, -0.2) is 39.6 Å². The van der Waals surface area contributed by atoms with Crippen molar-refractivity contribution in [3.05, 3.63) is 59.9 Å². The Morgan fingerprint density at radius 1 is 1.03 bits per heavy atom. The van der Waals surface area contributed by atoms with Gasteiger partial charge in [-0.2, -0.15) is 0 Å². The van der Waals surface area contributed by atoms with Crippen LogP contribution in [0.3, 0.4) is 0 Å². The monoisotopic (exact) mass is 410 g/mol. The van der Waals surface area contributed by atoms with E-state index in [1.54, 1.807) is 24.3 Å². The Hall–Kier alpha value is -4.14. The van der Waals surface area contributed by atoms with Gasteiger partial charge in [-0.15, -0.1) is 0 Å². The Morgan fingerprint density at radius 3 is 2.43 bits per heavy atom. The van der Waals surface area contributed by atoms with Crippen molar-refractivity contribution in [1.82, 2.24) is 10.3 Å². The number of carboxylic acid groups (broad SMARTS) is 1. The van der Waals surface area contributed by atoms with Gasteiger partial charge in [0.1, 0.15) is 24.7 Å². The highest BCUT2D eigenvalue weighted by atomic mass is 16.5. The molecule has 30 heavy (non-hydrogen) atoms. The molecule has 0 bridgehead atoms. The van der Waals surface area contributed by atoms with Crippen LogP contribution in [0.1, 0.15) is 23.1 Å². The molecular formula is C21H18N2O7. The van der Waals surface area contributed by atoms with Crippen molar-refractivity contribution >= 4 is 28.6 Å². The lowest BCUT2D eigenvalue weighted by Crippen LogP contribution is -2.30. The van der Waals surface area contributed by atoms with Crippen LogP contribution in [0.15, 0.2) is 48.5 Å². The van der Waals surface area contributed by atoms with Crippen LogP contribution in [0.2, 0.25) is 0 Å². The van der Waals surface area contributed by atoms with E-state index in [4.69, 9.17) is 14.6 Å². The predicted octanol–water partition coefficient (Wildman–Crippen LogP) is 2.61. The third-order valence-corrected chi connectivity index (χ3v) is 4.03. The number of rotatable bonds is 7. The second-order valence-corrected chi connectivity index (χ2v) is 6.23. The Labute approximate surface area is 170 Å². The Balaban J connectivity index is 2.05. The first-order valence-electron chi connectivity index (χ1n) is 8.87. The summed E-state index contributed by atoms with van der Waals surface area (Å²) >= 11 is 0. The molecule has 9 heteroatoms. The number of carbonyl (C=O) groups is 3. The molecule has 3 rings (SSSR count). The number of aromatic hydroxyl groups is 1. The van der Waals surface area contributed by atoms with E-state index in [0.29, 0.717) is 16.9 Å². The van der Waals surface area contributed by atoms with E-state index < -0.39 is 30.1 Å². The van der Waals surface area contributed by atoms with E-state index >= 15 is 0 Å². The van der Waals surface area contributed by atoms with E-state index in [2.05, 4.69) is 10.3 Å². The Bertz CT molecular complexity index is 1110. The van der Waals surface area contributed by atoms with Crippen molar-refractivity contribution in [3.8, 4) is 17.2 Å². The number of fused-ring (bicyclic) bond motifs is 1. The number of ether oxygens (including phenoxy) is 2. The molecule has 0 saturated carbocycles. The number of para-hydroxylation sites is 1. The van der Waals surface area contributed by atoms with E-state index in [0.717, 1.165) is 0 Å². The van der Waals surface area contributed by atoms with Crippen molar-refractivity contribution in [2.75, 3.05) is 6.54 Å². The number of amides is 1. The number of carbonyl (C=O) groups excluding carboxylic acids is 2. The summed E-state index contributed by atoms with van der Waals surface area (Å²) in [6.07, 6.45) is 0. The van der Waals surface area contributed by atoms with Crippen molar-refractivity contribution in [2.45, 2.75) is 13.5 Å². The Morgan fingerprint density at radius 2 is 1.77 bits per heavy atom. The molecule has 0 fully saturated rings. The zero-order valence-corrected chi connectivity index (χ0v) is 15.9. The van der Waals surface area contributed by atoms with Gasteiger partial charge in [0.15, 0.2) is 11.4 Å². The molecule has 3 aromatic rings. The molecule has 1 heterocycles. The van der Waals surface area contributed by atoms with Gasteiger partial charge < -0.3 is 25.0 Å². The zero-order chi connectivity index (χ0) is 21.7. The minimum atomic E-state index is -1.24. The third-order valence-electron chi connectivity index (χ3n) is 4.03. The molecular weight excluding hydrogens is 392 g/mol. The highest BCUT2D eigenvalue weighted by molar-refractivity contribution is 6.03. The summed E-state index contributed by atoms with van der Waals surface area (Å²) in [6, 6.07) is 13.8. The lowest BCUT2D eigenvalue weighted by Gasteiger charge is -2.13. The van der Waals surface area contributed by atoms with Crippen molar-refractivity contribution in [1.29, 1.82) is 0 Å². The van der Waals surface area contributed by atoms with Gasteiger partial charge in [-0.05, 0) is 30.3 Å². The smallest absolute Gasteiger partial charge is 0.322 e. The summed E-state index contributed by atoms with van der Waals surface area (Å²) in [5.41, 5.74) is -0.167. The fraction of sp³-hybridized carbons (Fsp3) is 0.143. The fourth-order valence-corrected chi connectivity index (χ4v) is 2.71. The quantitative estimate of drug-likeness (QED) is 0.506. The molecule has 0 unspecified atom stereocenters. The number of hydrogen-bond donors (Lipinski definition) is 3. The topological polar surface area (TPSA) is 135 Å². The molecule has 3 N–H and O–H groups in total. The maximum absolute atomic E-state index is 12.3. The summed E-state index contributed by atoms with van der Waals surface area (Å²) in [4.78, 5) is 38.3. The van der Waals surface area contributed by atoms with E-state index in [1.165, 1.54) is 13.0 Å². The number of benzene rings is 2. The van der Waals surface area contributed by atoms with Crippen LogP contribution >= 0.6 is 0 Å². The van der Waals surface area contributed by atoms with Gasteiger partial charge in [-0.1, -0.05) is 18.2 Å². The summed E-state index contributed by atoms with van der Waals surface area (Å²) < 4.78 is 10.8. The van der Waals surface area contributed by atoms with Gasteiger partial charge >= 0.3 is 11.9 Å². The molecule has 0 spiro atoms. The molecule has 0 aliphatic rings. The molecule has 0 aliphatic heterocycles. The first-order chi connectivity index (χ1) is 14.3. The number of aromatic nitrogens is 1. The van der Waals surface area contributed by atoms with Crippen LogP contribution < -0.4 is 10.1 Å². The van der Waals surface area contributed by atoms with Crippen LogP contribution in [0, 0.1) is 0 Å². The molecule has 0 saturated heterocycles. The molecule has 2 aromatic carbocycles. The average Bonchev–Trinajstić information content (AvgIpc) is 2.72. The maximum atomic E-state index is 12.3. The second-order valence-electron chi connectivity index (χ2n) is 6.23. The zero-order valence-electron chi connectivity index (χ0n) is 15.9. The van der Waals surface area contributed by atoms with Crippen LogP contribution in [0.25, 0.3) is 10.8 Å². The van der Waals surface area contributed by atoms with Gasteiger partial charge in [0.25, 0.3) is 5.91 Å². The van der Waals surface area contributed by atoms with Crippen LogP contribution in [0.4, 0.5) is 0 Å². The normalized spacial score (nSPS) is 10.4. The first-order valence-corrected chi connectivity index (χ1v) is 8.87. The summed E-state index contributed by atoms with van der Waals surface area (Å²) in [7, 11) is 0. The van der Waals surface area contributed by atoms with E-state index in [9.17, 15) is 19.5 Å². The van der Waals surface area contributed by atoms with Crippen molar-refractivity contribution in [2.24, 2.45) is 0 Å². The van der Waals surface area contributed by atoms with Crippen LogP contribution in [0.5, 0.6) is 17.2 Å². The first kappa shape index (κ1) is 20.6. The molecule has 9 nitrogen and oxygen atoms in total. The van der Waals surface area contributed by atoms with Crippen LogP contribution in [-0.2, 0) is 20.9 Å². The largest absolute Gasteiger partial charge is 0.505 e. The highest BCUT2D eigenvalue weighted by Crippen LogP contribution is 2.34. The number of hydrogen-bond acceptors (Lipinski definition) is 7. The maximum Gasteiger partial charge on any atom is 0.322 e. The number of nitrogens with zero attached hydrogens (tertiary/aromatic N) is 1. The molecule has 1 amide bonds. The van der Waals surface area contributed by atoms with Gasteiger partial charge in [0.05, 0.1) is 5.69 Å². The number of carboxylic acids is 1. The predicted molar refractivity (Wildman–Crippen MR) is 105 cm³/mol. The van der Waals surface area contributed by atoms with Gasteiger partial charge in [0, 0.05) is 17.7 Å². The van der Waals surface area contributed by atoms with Gasteiger partial charge in [0.2, 0.25) is 0 Å². The lowest BCUT2D eigenvalue weighted by atomic mass is 10.1. The van der Waals surface area contributed by atoms with Gasteiger partial charge in [-0.25, -0.2) is 4.98 Å². The third kappa shape index (κ3) is 4.82. The van der Waals surface area contributed by atoms with E-state index in [-0.39, 0.29) is 23.4 Å². The average molecular weight is 410 g/mol. The summed E-state index contributed by atoms with van der Waals surface area (Å²) in [5, 5.41) is 22.1. The SMILES string of the molecule is CC(=O)OCc1nc(C(=O)NCC(=O)O)c(O)c2ccc(Oc3ccccc3)cc12. The molecule has 0 atom stereocenters. The summed E-state index contributed by atoms with van der Waals surface area (Å²) in [6.45, 7) is 0.342. The standard InChI is InChI=1S/C21H18N2O7/c1-12(24)29-11-17-16-9-14(30-13-5-3-2-4-6-13)7-8-15(16)20(27)19(23-17)21(28)22-10-18(25)26/h2-9,27H,10-11H2,1H3,(H,22,28)(H,25,26). The fourth-order valence-electron chi connectivity index (χ4n) is 2.71. The number of nitrogens with one attached hydrogen (secondary N) is 1. The molecule has 154 valence electrons. The minimum Gasteiger partial charge on any atom is -0.505 e. The van der Waals surface area contributed by atoms with Crippen molar-refractivity contribution < 1.29 is 34.1 Å².